The van der Waals surface area contributed by atoms with E-state index in [0.29, 0.717) is 6.54 Å². The molecule has 0 radical (unpaired) electrons. The van der Waals surface area contributed by atoms with Crippen molar-refractivity contribution in [1.29, 1.82) is 0 Å². The third-order valence-electron chi connectivity index (χ3n) is 1.93. The number of ether oxygens (including phenoxy) is 2. The number of esters is 1. The van der Waals surface area contributed by atoms with Crippen LogP contribution in [0.4, 0.5) is 4.79 Å². The fourth-order valence-corrected chi connectivity index (χ4v) is 2.09. The molecule has 106 valence electrons. The summed E-state index contributed by atoms with van der Waals surface area (Å²) in [6.07, 6.45) is 8.24. The van der Waals surface area contributed by atoms with E-state index >= 15 is 0 Å². The average molecular weight is 277 g/mol. The maximum absolute atomic E-state index is 11.2. The van der Waals surface area contributed by atoms with Crippen molar-refractivity contribution in [2.75, 3.05) is 44.3 Å². The number of amides is 1. The molecule has 0 saturated carbocycles. The van der Waals surface area contributed by atoms with Crippen LogP contribution in [0.2, 0.25) is 0 Å². The van der Waals surface area contributed by atoms with Gasteiger partial charge in [0.2, 0.25) is 0 Å². The summed E-state index contributed by atoms with van der Waals surface area (Å²) in [5.41, 5.74) is 0. The van der Waals surface area contributed by atoms with Gasteiger partial charge in [0.1, 0.15) is 13.2 Å². The van der Waals surface area contributed by atoms with E-state index in [1.807, 2.05) is 0 Å². The van der Waals surface area contributed by atoms with Gasteiger partial charge in [0.25, 0.3) is 0 Å². The van der Waals surface area contributed by atoms with Crippen LogP contribution in [-0.2, 0) is 14.3 Å². The van der Waals surface area contributed by atoms with Crippen LogP contribution in [0.3, 0.4) is 0 Å². The number of alkyl carbamates (subject to hydrolysis) is 1. The molecular formula is C12H23NO4S. The lowest BCUT2D eigenvalue weighted by molar-refractivity contribution is -0.138. The Hall–Kier alpha value is -1.17. The third-order valence-corrected chi connectivity index (χ3v) is 3.44. The lowest BCUT2D eigenvalue weighted by atomic mass is 10.5. The smallest absolute Gasteiger partial charge is 0.407 e. The number of hydrogen-bond donors (Lipinski definition) is 1. The molecule has 5 nitrogen and oxygen atoms in total. The second-order valence-electron chi connectivity index (χ2n) is 4.58. The van der Waals surface area contributed by atoms with Gasteiger partial charge in [-0.05, 0) is 30.9 Å². The van der Waals surface area contributed by atoms with Gasteiger partial charge in [-0.3, -0.25) is 0 Å². The third kappa shape index (κ3) is 11.3. The molecule has 0 heterocycles. The Morgan fingerprint density at radius 1 is 1.22 bits per heavy atom. The zero-order valence-electron chi connectivity index (χ0n) is 11.4. The summed E-state index contributed by atoms with van der Waals surface area (Å²) in [5, 5.41) is 2.65. The van der Waals surface area contributed by atoms with Gasteiger partial charge >= 0.3 is 12.1 Å². The number of carbonyl (C=O) groups is 2. The molecule has 0 bridgehead atoms. The molecule has 6 heteroatoms. The molecule has 0 atom stereocenters. The molecule has 0 saturated heterocycles. The van der Waals surface area contributed by atoms with Crippen LogP contribution in [0.5, 0.6) is 0 Å². The lowest BCUT2D eigenvalue weighted by Crippen LogP contribution is -2.27. The summed E-state index contributed by atoms with van der Waals surface area (Å²) in [6, 6.07) is 0. The van der Waals surface area contributed by atoms with Gasteiger partial charge in [-0.15, -0.1) is 0 Å². The summed E-state index contributed by atoms with van der Waals surface area (Å²) in [6.45, 7) is 3.96. The lowest BCUT2D eigenvalue weighted by Gasteiger charge is -2.24. The highest BCUT2D eigenvalue weighted by atomic mass is 32.3. The molecule has 0 spiro atoms. The SMILES string of the molecule is C=CC(=O)OCCOC(=O)NCCCS(C)(C)C. The normalized spacial score (nSPS) is 11.5. The van der Waals surface area contributed by atoms with Crippen molar-refractivity contribution in [3.8, 4) is 0 Å². The van der Waals surface area contributed by atoms with E-state index in [0.717, 1.165) is 18.2 Å². The number of hydrogen-bond acceptors (Lipinski definition) is 4. The van der Waals surface area contributed by atoms with Crippen molar-refractivity contribution in [3.63, 3.8) is 0 Å². The van der Waals surface area contributed by atoms with Crippen molar-refractivity contribution < 1.29 is 19.1 Å². The Morgan fingerprint density at radius 3 is 2.39 bits per heavy atom. The van der Waals surface area contributed by atoms with Gasteiger partial charge in [0.15, 0.2) is 0 Å². The van der Waals surface area contributed by atoms with Gasteiger partial charge in [0, 0.05) is 12.6 Å². The molecular weight excluding hydrogens is 254 g/mol. The summed E-state index contributed by atoms with van der Waals surface area (Å²) in [7, 11) is -0.514. The van der Waals surface area contributed by atoms with E-state index < -0.39 is 22.1 Å². The van der Waals surface area contributed by atoms with Crippen LogP contribution >= 0.6 is 10.0 Å². The van der Waals surface area contributed by atoms with E-state index in [1.165, 1.54) is 0 Å². The molecule has 1 amide bonds. The predicted molar refractivity (Wildman–Crippen MR) is 75.4 cm³/mol. The van der Waals surface area contributed by atoms with Crippen LogP contribution in [0.25, 0.3) is 0 Å². The van der Waals surface area contributed by atoms with E-state index in [4.69, 9.17) is 4.74 Å². The summed E-state index contributed by atoms with van der Waals surface area (Å²) < 4.78 is 9.47. The Bertz CT molecular complexity index is 286. The summed E-state index contributed by atoms with van der Waals surface area (Å²) in [5.74, 6) is 0.594. The molecule has 0 fully saturated rings. The molecule has 0 aromatic rings. The second-order valence-corrected chi connectivity index (χ2v) is 9.17. The Morgan fingerprint density at radius 2 is 1.83 bits per heavy atom. The van der Waals surface area contributed by atoms with Gasteiger partial charge in [0.05, 0.1) is 0 Å². The van der Waals surface area contributed by atoms with Crippen LogP contribution in [-0.4, -0.2) is 56.3 Å². The van der Waals surface area contributed by atoms with Crippen LogP contribution in [0.1, 0.15) is 6.42 Å². The summed E-state index contributed by atoms with van der Waals surface area (Å²) >= 11 is 0. The van der Waals surface area contributed by atoms with E-state index in [1.54, 1.807) is 0 Å². The Labute approximate surface area is 110 Å². The van der Waals surface area contributed by atoms with E-state index in [-0.39, 0.29) is 13.2 Å². The first-order valence-corrected chi connectivity index (χ1v) is 8.73. The quantitative estimate of drug-likeness (QED) is 0.415. The van der Waals surface area contributed by atoms with Gasteiger partial charge in [-0.1, -0.05) is 6.58 Å². The van der Waals surface area contributed by atoms with Crippen molar-refractivity contribution in [2.45, 2.75) is 6.42 Å². The molecule has 0 unspecified atom stereocenters. The van der Waals surface area contributed by atoms with Gasteiger partial charge in [-0.2, -0.15) is 0 Å². The van der Waals surface area contributed by atoms with Gasteiger partial charge in [-0.25, -0.2) is 19.6 Å². The zero-order chi connectivity index (χ0) is 14.0. The summed E-state index contributed by atoms with van der Waals surface area (Å²) in [4.78, 5) is 21.9. The minimum Gasteiger partial charge on any atom is -0.459 e. The van der Waals surface area contributed by atoms with Crippen molar-refractivity contribution in [1.82, 2.24) is 5.32 Å². The zero-order valence-corrected chi connectivity index (χ0v) is 12.2. The van der Waals surface area contributed by atoms with E-state index in [2.05, 4.69) is 35.4 Å². The number of nitrogens with one attached hydrogen (secondary N) is 1. The minimum atomic E-state index is -0.521. The molecule has 0 aliphatic rings. The fraction of sp³-hybridized carbons (Fsp3) is 0.667. The Kier molecular flexibility index (Phi) is 8.28. The number of rotatable bonds is 8. The van der Waals surface area contributed by atoms with E-state index in [9.17, 15) is 9.59 Å². The minimum absolute atomic E-state index is 0.0460. The molecule has 0 aromatic carbocycles. The molecule has 18 heavy (non-hydrogen) atoms. The van der Waals surface area contributed by atoms with Crippen molar-refractivity contribution in [3.05, 3.63) is 12.7 Å². The molecule has 1 N–H and O–H groups in total. The molecule has 0 aliphatic heterocycles. The second kappa shape index (κ2) is 8.85. The largest absolute Gasteiger partial charge is 0.459 e. The van der Waals surface area contributed by atoms with Crippen LogP contribution in [0, 0.1) is 0 Å². The maximum Gasteiger partial charge on any atom is 0.407 e. The first kappa shape index (κ1) is 16.8. The van der Waals surface area contributed by atoms with Crippen LogP contribution < -0.4 is 5.32 Å². The standard InChI is InChI=1S/C12H23NO4S/c1-5-11(14)16-8-9-17-12(15)13-7-6-10-18(2,3)4/h5H,1,6-10H2,2-4H3,(H,13,15). The maximum atomic E-state index is 11.2. The highest BCUT2D eigenvalue weighted by molar-refractivity contribution is 8.32. The molecule has 0 aliphatic carbocycles. The monoisotopic (exact) mass is 277 g/mol. The topological polar surface area (TPSA) is 64.6 Å². The van der Waals surface area contributed by atoms with Crippen LogP contribution in [0.15, 0.2) is 12.7 Å². The van der Waals surface area contributed by atoms with Gasteiger partial charge < -0.3 is 14.8 Å². The molecule has 0 rings (SSSR count). The number of carbonyl (C=O) groups excluding carboxylic acids is 2. The first-order chi connectivity index (χ1) is 8.35. The highest BCUT2D eigenvalue weighted by Crippen LogP contribution is 2.34. The molecule has 0 aromatic heterocycles. The first-order valence-electron chi connectivity index (χ1n) is 5.71. The Balaban J connectivity index is 3.44. The predicted octanol–water partition coefficient (Wildman–Crippen LogP) is 1.53. The van der Waals surface area contributed by atoms with Crippen molar-refractivity contribution >= 4 is 22.1 Å². The fourth-order valence-electron chi connectivity index (χ4n) is 1.08. The highest BCUT2D eigenvalue weighted by Gasteiger charge is 2.05. The average Bonchev–Trinajstić information content (AvgIpc) is 2.28. The van der Waals surface area contributed by atoms with Crippen molar-refractivity contribution in [2.24, 2.45) is 0 Å².